The number of pyridine rings is 1. The Morgan fingerprint density at radius 2 is 2.04 bits per heavy atom. The summed E-state index contributed by atoms with van der Waals surface area (Å²) in [5, 5.41) is 9.67. The Balaban J connectivity index is 1.92. The van der Waals surface area contributed by atoms with Crippen LogP contribution >= 0.6 is 0 Å². The number of imidazole rings is 1. The number of hydrogen-bond acceptors (Lipinski definition) is 4. The monoisotopic (exact) mass is 363 g/mol. The van der Waals surface area contributed by atoms with Gasteiger partial charge in [0.05, 0.1) is 31.6 Å². The van der Waals surface area contributed by atoms with E-state index < -0.39 is 0 Å². The zero-order valence-electron chi connectivity index (χ0n) is 16.1. The van der Waals surface area contributed by atoms with Gasteiger partial charge in [-0.05, 0) is 50.1 Å². The summed E-state index contributed by atoms with van der Waals surface area (Å²) in [4.78, 5) is 9.37. The molecule has 0 spiro atoms. The zero-order chi connectivity index (χ0) is 19.0. The van der Waals surface area contributed by atoms with Crippen LogP contribution < -0.4 is 0 Å². The molecule has 3 aromatic rings. The lowest BCUT2D eigenvalue weighted by Crippen LogP contribution is -2.15. The molecular formula is C22H25N3O2. The normalized spacial score (nSPS) is 16.8. The highest BCUT2D eigenvalue weighted by Gasteiger charge is 2.24. The number of benzene rings is 1. The summed E-state index contributed by atoms with van der Waals surface area (Å²) < 4.78 is 8.20. The molecular weight excluding hydrogens is 338 g/mol. The Morgan fingerprint density at radius 1 is 1.19 bits per heavy atom. The fourth-order valence-electron chi connectivity index (χ4n) is 3.73. The van der Waals surface area contributed by atoms with Crippen LogP contribution in [-0.2, 0) is 24.3 Å². The van der Waals surface area contributed by atoms with Crippen LogP contribution in [0.4, 0.5) is 0 Å². The summed E-state index contributed by atoms with van der Waals surface area (Å²) in [5.74, 6) is 0.932. The third kappa shape index (κ3) is 3.40. The van der Waals surface area contributed by atoms with Crippen LogP contribution in [0.1, 0.15) is 29.4 Å². The highest BCUT2D eigenvalue weighted by molar-refractivity contribution is 5.69. The van der Waals surface area contributed by atoms with Crippen molar-refractivity contribution in [2.24, 2.45) is 0 Å². The maximum atomic E-state index is 9.67. The second-order valence-electron chi connectivity index (χ2n) is 7.26. The second-order valence-corrected chi connectivity index (χ2v) is 7.26. The topological polar surface area (TPSA) is 60.2 Å². The van der Waals surface area contributed by atoms with Crippen LogP contribution in [0.15, 0.2) is 36.5 Å². The van der Waals surface area contributed by atoms with Crippen molar-refractivity contribution in [3.63, 3.8) is 0 Å². The molecule has 1 aliphatic heterocycles. The van der Waals surface area contributed by atoms with Gasteiger partial charge in [-0.2, -0.15) is 0 Å². The van der Waals surface area contributed by atoms with E-state index in [0.717, 1.165) is 52.4 Å². The Labute approximate surface area is 159 Å². The molecule has 1 N–H and O–H groups in total. The molecule has 1 aromatic carbocycles. The van der Waals surface area contributed by atoms with Crippen LogP contribution in [0.5, 0.6) is 0 Å². The molecule has 1 aliphatic rings. The molecule has 0 saturated carbocycles. The molecule has 0 aliphatic carbocycles. The number of aryl methyl sites for hydroxylation is 2. The van der Waals surface area contributed by atoms with Crippen LogP contribution in [0, 0.1) is 13.8 Å². The molecule has 0 amide bonds. The third-order valence-corrected chi connectivity index (χ3v) is 5.20. The molecule has 0 radical (unpaired) electrons. The first kappa shape index (κ1) is 17.9. The first-order chi connectivity index (χ1) is 13.1. The zero-order valence-corrected chi connectivity index (χ0v) is 16.1. The van der Waals surface area contributed by atoms with Crippen molar-refractivity contribution < 1.29 is 9.84 Å². The fraction of sp³-hybridized carbons (Fsp3) is 0.364. The van der Waals surface area contributed by atoms with E-state index in [0.29, 0.717) is 6.61 Å². The Morgan fingerprint density at radius 3 is 2.81 bits per heavy atom. The molecule has 0 fully saturated rings. The molecule has 5 nitrogen and oxygen atoms in total. The minimum Gasteiger partial charge on any atom is -0.392 e. The summed E-state index contributed by atoms with van der Waals surface area (Å²) >= 11 is 0. The fourth-order valence-corrected chi connectivity index (χ4v) is 3.73. The first-order valence-electron chi connectivity index (χ1n) is 9.41. The number of fused-ring (bicyclic) bond motifs is 1. The van der Waals surface area contributed by atoms with Crippen LogP contribution in [0.3, 0.4) is 0 Å². The van der Waals surface area contributed by atoms with E-state index in [9.17, 15) is 5.11 Å². The van der Waals surface area contributed by atoms with Gasteiger partial charge in [0.2, 0.25) is 0 Å². The van der Waals surface area contributed by atoms with Crippen molar-refractivity contribution in [1.29, 1.82) is 0 Å². The maximum Gasteiger partial charge on any atom is 0.140 e. The average molecular weight is 363 g/mol. The lowest BCUT2D eigenvalue weighted by molar-refractivity contribution is 0.0666. The first-order valence-corrected chi connectivity index (χ1v) is 9.41. The van der Waals surface area contributed by atoms with Crippen LogP contribution in [-0.4, -0.2) is 32.4 Å². The standard InChI is InChI=1S/C22H25N3O2/c1-14-4-5-18(11-19(14)13-26)22-24-21(17-6-8-23-15(2)10-17)20-7-9-27-16(3)12-25(20)22/h4-6,8,10-11,16,26H,7,9,12-13H2,1-3H3/t16-/m1/s1. The van der Waals surface area contributed by atoms with E-state index in [1.807, 2.05) is 32.2 Å². The number of rotatable bonds is 3. The summed E-state index contributed by atoms with van der Waals surface area (Å²) in [6.07, 6.45) is 2.79. The van der Waals surface area contributed by atoms with Crippen LogP contribution in [0.25, 0.3) is 22.6 Å². The van der Waals surface area contributed by atoms with Crippen LogP contribution in [0.2, 0.25) is 0 Å². The smallest absolute Gasteiger partial charge is 0.140 e. The minimum absolute atomic E-state index is 0.0309. The summed E-state index contributed by atoms with van der Waals surface area (Å²) in [6, 6.07) is 10.3. The van der Waals surface area contributed by atoms with Crippen molar-refractivity contribution >= 4 is 0 Å². The van der Waals surface area contributed by atoms with E-state index in [2.05, 4.69) is 34.7 Å². The molecule has 0 unspecified atom stereocenters. The summed E-state index contributed by atoms with van der Waals surface area (Å²) in [5.41, 5.74) is 7.31. The summed E-state index contributed by atoms with van der Waals surface area (Å²) in [6.45, 7) is 7.61. The number of aliphatic hydroxyl groups is 1. The number of aromatic nitrogens is 3. The summed E-state index contributed by atoms with van der Waals surface area (Å²) in [7, 11) is 0. The predicted octanol–water partition coefficient (Wildman–Crippen LogP) is 3.68. The molecule has 0 bridgehead atoms. The highest BCUT2D eigenvalue weighted by atomic mass is 16.5. The molecule has 1 atom stereocenters. The molecule has 140 valence electrons. The maximum absolute atomic E-state index is 9.67. The molecule has 5 heteroatoms. The van der Waals surface area contributed by atoms with Gasteiger partial charge < -0.3 is 14.4 Å². The molecule has 4 rings (SSSR count). The SMILES string of the molecule is Cc1cc(-c2nc(-c3ccc(C)c(CO)c3)n3c2CCO[C@H](C)C3)ccn1. The van der Waals surface area contributed by atoms with Gasteiger partial charge in [-0.1, -0.05) is 12.1 Å². The Hall–Kier alpha value is -2.50. The van der Waals surface area contributed by atoms with Gasteiger partial charge >= 0.3 is 0 Å². The van der Waals surface area contributed by atoms with Gasteiger partial charge in [0.25, 0.3) is 0 Å². The predicted molar refractivity (Wildman–Crippen MR) is 105 cm³/mol. The second kappa shape index (κ2) is 7.25. The van der Waals surface area contributed by atoms with E-state index in [4.69, 9.17) is 9.72 Å². The Bertz CT molecular complexity index is 978. The van der Waals surface area contributed by atoms with E-state index in [1.165, 1.54) is 5.69 Å². The minimum atomic E-state index is 0.0309. The molecule has 2 aromatic heterocycles. The lowest BCUT2D eigenvalue weighted by atomic mass is 10.1. The number of nitrogens with zero attached hydrogens (tertiary/aromatic N) is 3. The molecule has 27 heavy (non-hydrogen) atoms. The number of ether oxygens (including phenoxy) is 1. The third-order valence-electron chi connectivity index (χ3n) is 5.20. The molecule has 0 saturated heterocycles. The quantitative estimate of drug-likeness (QED) is 0.771. The van der Waals surface area contributed by atoms with E-state index >= 15 is 0 Å². The molecule has 3 heterocycles. The lowest BCUT2D eigenvalue weighted by Gasteiger charge is -2.13. The van der Waals surface area contributed by atoms with E-state index in [1.54, 1.807) is 0 Å². The van der Waals surface area contributed by atoms with Gasteiger partial charge in [-0.25, -0.2) is 4.98 Å². The van der Waals surface area contributed by atoms with Gasteiger partial charge in [-0.15, -0.1) is 0 Å². The van der Waals surface area contributed by atoms with Crippen molar-refractivity contribution in [3.8, 4) is 22.6 Å². The largest absolute Gasteiger partial charge is 0.392 e. The van der Waals surface area contributed by atoms with Gasteiger partial charge in [0.15, 0.2) is 0 Å². The van der Waals surface area contributed by atoms with Gasteiger partial charge in [0, 0.05) is 35.1 Å². The van der Waals surface area contributed by atoms with Gasteiger partial charge in [-0.3, -0.25) is 4.98 Å². The Kier molecular flexibility index (Phi) is 4.81. The van der Waals surface area contributed by atoms with Crippen molar-refractivity contribution in [2.45, 2.75) is 46.4 Å². The average Bonchev–Trinajstić information content (AvgIpc) is 2.89. The van der Waals surface area contributed by atoms with Crippen molar-refractivity contribution in [1.82, 2.24) is 14.5 Å². The number of hydrogen-bond donors (Lipinski definition) is 1. The van der Waals surface area contributed by atoms with Gasteiger partial charge in [0.1, 0.15) is 5.82 Å². The highest BCUT2D eigenvalue weighted by Crippen LogP contribution is 2.32. The van der Waals surface area contributed by atoms with Crippen molar-refractivity contribution in [2.75, 3.05) is 6.61 Å². The van der Waals surface area contributed by atoms with E-state index in [-0.39, 0.29) is 12.7 Å². The number of aliphatic hydroxyl groups excluding tert-OH is 1. The van der Waals surface area contributed by atoms with Crippen molar-refractivity contribution in [3.05, 3.63) is 59.0 Å².